The Hall–Kier alpha value is -2.66. The largest absolute Gasteiger partial charge is 0.405 e. The minimum atomic E-state index is -2.06. The van der Waals surface area contributed by atoms with Crippen molar-refractivity contribution in [2.45, 2.75) is 5.91 Å². The highest BCUT2D eigenvalue weighted by Crippen LogP contribution is 2.46. The molecular weight excluding hydrogens is 258 g/mol. The molecule has 1 N–H and O–H groups in total. The summed E-state index contributed by atoms with van der Waals surface area (Å²) in [5.74, 6) is -3.09. The number of anilines is 1. The molecule has 5 nitrogen and oxygen atoms in total. The lowest BCUT2D eigenvalue weighted by Gasteiger charge is -2.37. The van der Waals surface area contributed by atoms with E-state index in [-0.39, 0.29) is 17.0 Å². The Morgan fingerprint density at radius 1 is 0.950 bits per heavy atom. The molecule has 1 amide bonds. The second kappa shape index (κ2) is 3.46. The minimum Gasteiger partial charge on any atom is -0.405 e. The first kappa shape index (κ1) is 11.2. The summed E-state index contributed by atoms with van der Waals surface area (Å²) in [5.41, 5.74) is 1.23. The molecular formula is C15H9NO4. The van der Waals surface area contributed by atoms with Gasteiger partial charge in [0.25, 0.3) is 5.91 Å². The van der Waals surface area contributed by atoms with Crippen molar-refractivity contribution < 1.29 is 19.4 Å². The van der Waals surface area contributed by atoms with Crippen molar-refractivity contribution >= 4 is 17.6 Å². The summed E-state index contributed by atoms with van der Waals surface area (Å²) in [6.45, 7) is 0. The van der Waals surface area contributed by atoms with Crippen molar-refractivity contribution in [2.75, 3.05) is 4.90 Å². The van der Waals surface area contributed by atoms with Crippen LogP contribution in [0.1, 0.15) is 26.3 Å². The zero-order valence-corrected chi connectivity index (χ0v) is 10.2. The first-order valence-electron chi connectivity index (χ1n) is 6.12. The lowest BCUT2D eigenvalue weighted by Crippen LogP contribution is -2.51. The number of fused-ring (bicyclic) bond motifs is 5. The molecule has 5 heteroatoms. The number of amides is 1. The van der Waals surface area contributed by atoms with Gasteiger partial charge in [0.05, 0.1) is 22.4 Å². The van der Waals surface area contributed by atoms with Crippen molar-refractivity contribution in [3.8, 4) is 0 Å². The van der Waals surface area contributed by atoms with Crippen LogP contribution in [0, 0.1) is 0 Å². The van der Waals surface area contributed by atoms with Crippen LogP contribution < -0.4 is 4.90 Å². The Morgan fingerprint density at radius 3 is 2.40 bits per heavy atom. The van der Waals surface area contributed by atoms with Crippen molar-refractivity contribution in [2.24, 2.45) is 0 Å². The average molecular weight is 267 g/mol. The molecule has 2 aliphatic heterocycles. The number of hydrogen-bond donors (Lipinski definition) is 1. The molecule has 0 spiro atoms. The van der Waals surface area contributed by atoms with E-state index in [1.165, 1.54) is 0 Å². The summed E-state index contributed by atoms with van der Waals surface area (Å²) in [5, 5.41) is 10.7. The van der Waals surface area contributed by atoms with Crippen LogP contribution >= 0.6 is 0 Å². The SMILES string of the molecule is O=C1O[C@@]2(O)c3ccccc3C(=O)N2c2ccccc21. The van der Waals surface area contributed by atoms with Crippen LogP contribution in [0.25, 0.3) is 0 Å². The fourth-order valence-electron chi connectivity index (χ4n) is 2.73. The van der Waals surface area contributed by atoms with E-state index in [0.717, 1.165) is 4.90 Å². The third-order valence-electron chi connectivity index (χ3n) is 3.61. The molecule has 0 unspecified atom stereocenters. The van der Waals surface area contributed by atoms with Gasteiger partial charge >= 0.3 is 11.9 Å². The quantitative estimate of drug-likeness (QED) is 0.736. The topological polar surface area (TPSA) is 66.8 Å². The maximum absolute atomic E-state index is 12.5. The maximum atomic E-state index is 12.5. The molecule has 0 bridgehead atoms. The Balaban J connectivity index is 2.04. The molecule has 2 heterocycles. The van der Waals surface area contributed by atoms with E-state index in [4.69, 9.17) is 4.74 Å². The van der Waals surface area contributed by atoms with Gasteiger partial charge in [-0.1, -0.05) is 24.3 Å². The molecule has 0 aliphatic carbocycles. The van der Waals surface area contributed by atoms with Crippen LogP contribution in [0.4, 0.5) is 5.69 Å². The number of carbonyl (C=O) groups is 2. The minimum absolute atomic E-state index is 0.262. The highest BCUT2D eigenvalue weighted by Gasteiger charge is 2.56. The third-order valence-corrected chi connectivity index (χ3v) is 3.61. The number of ether oxygens (including phenoxy) is 1. The van der Waals surface area contributed by atoms with E-state index in [1.54, 1.807) is 48.5 Å². The fraction of sp³-hybridized carbons (Fsp3) is 0.0667. The summed E-state index contributed by atoms with van der Waals surface area (Å²) < 4.78 is 5.14. The molecule has 0 saturated heterocycles. The van der Waals surface area contributed by atoms with Crippen molar-refractivity contribution in [1.29, 1.82) is 0 Å². The molecule has 0 fully saturated rings. The second-order valence-corrected chi connectivity index (χ2v) is 4.70. The van der Waals surface area contributed by atoms with Crippen LogP contribution in [-0.4, -0.2) is 17.0 Å². The normalized spacial score (nSPS) is 22.9. The smallest absolute Gasteiger partial charge is 0.344 e. The molecule has 2 aromatic rings. The van der Waals surface area contributed by atoms with Gasteiger partial charge in [-0.05, 0) is 24.3 Å². The van der Waals surface area contributed by atoms with Crippen molar-refractivity contribution in [3.05, 3.63) is 65.2 Å². The predicted octanol–water partition coefficient (Wildman–Crippen LogP) is 1.62. The number of aliphatic hydroxyl groups is 1. The van der Waals surface area contributed by atoms with Gasteiger partial charge in [-0.3, -0.25) is 4.79 Å². The lowest BCUT2D eigenvalue weighted by molar-refractivity contribution is -0.167. The van der Waals surface area contributed by atoms with Gasteiger partial charge in [0.1, 0.15) is 0 Å². The summed E-state index contributed by atoms with van der Waals surface area (Å²) >= 11 is 0. The molecule has 2 aromatic carbocycles. The molecule has 1 atom stereocenters. The maximum Gasteiger partial charge on any atom is 0.344 e. The number of benzene rings is 2. The standard InChI is InChI=1S/C15H9NO4/c17-13-9-5-1-3-7-11(9)15(19)16(13)12-8-4-2-6-10(12)14(18)20-15/h1-8,19H/t15-/m0/s1. The number of nitrogens with zero attached hydrogens (tertiary/aromatic N) is 1. The van der Waals surface area contributed by atoms with Gasteiger partial charge in [0, 0.05) is 0 Å². The average Bonchev–Trinajstić information content (AvgIpc) is 2.68. The number of rotatable bonds is 0. The lowest BCUT2D eigenvalue weighted by atomic mass is 10.1. The molecule has 0 saturated carbocycles. The molecule has 98 valence electrons. The predicted molar refractivity (Wildman–Crippen MR) is 69.0 cm³/mol. The van der Waals surface area contributed by atoms with E-state index < -0.39 is 11.9 Å². The van der Waals surface area contributed by atoms with E-state index in [9.17, 15) is 14.7 Å². The summed E-state index contributed by atoms with van der Waals surface area (Å²) in [6, 6.07) is 13.1. The van der Waals surface area contributed by atoms with Gasteiger partial charge in [-0.25, -0.2) is 9.69 Å². The Morgan fingerprint density at radius 2 is 1.60 bits per heavy atom. The van der Waals surface area contributed by atoms with Crippen LogP contribution in [-0.2, 0) is 10.6 Å². The highest BCUT2D eigenvalue weighted by atomic mass is 16.7. The fourth-order valence-corrected chi connectivity index (χ4v) is 2.73. The van der Waals surface area contributed by atoms with E-state index >= 15 is 0 Å². The Bertz CT molecular complexity index is 770. The van der Waals surface area contributed by atoms with Crippen LogP contribution in [0.15, 0.2) is 48.5 Å². The molecule has 4 rings (SSSR count). The zero-order chi connectivity index (χ0) is 13.9. The van der Waals surface area contributed by atoms with Crippen molar-refractivity contribution in [1.82, 2.24) is 0 Å². The van der Waals surface area contributed by atoms with Gasteiger partial charge < -0.3 is 9.84 Å². The monoisotopic (exact) mass is 267 g/mol. The van der Waals surface area contributed by atoms with Gasteiger partial charge in [0.2, 0.25) is 0 Å². The van der Waals surface area contributed by atoms with E-state index in [1.807, 2.05) is 0 Å². The van der Waals surface area contributed by atoms with Crippen LogP contribution in [0.3, 0.4) is 0 Å². The van der Waals surface area contributed by atoms with E-state index in [0.29, 0.717) is 11.3 Å². The summed E-state index contributed by atoms with van der Waals surface area (Å²) in [6.07, 6.45) is 0. The van der Waals surface area contributed by atoms with Gasteiger partial charge in [0.15, 0.2) is 0 Å². The van der Waals surface area contributed by atoms with Crippen molar-refractivity contribution in [3.63, 3.8) is 0 Å². The molecule has 20 heavy (non-hydrogen) atoms. The third kappa shape index (κ3) is 1.15. The zero-order valence-electron chi connectivity index (χ0n) is 10.2. The number of para-hydroxylation sites is 1. The number of carbonyl (C=O) groups excluding carboxylic acids is 2. The molecule has 2 aliphatic rings. The number of hydrogen-bond acceptors (Lipinski definition) is 4. The molecule has 0 aromatic heterocycles. The Kier molecular flexibility index (Phi) is 1.94. The van der Waals surface area contributed by atoms with Gasteiger partial charge in [-0.2, -0.15) is 0 Å². The highest BCUT2D eigenvalue weighted by molar-refractivity contribution is 6.15. The second-order valence-electron chi connectivity index (χ2n) is 4.70. The first-order valence-corrected chi connectivity index (χ1v) is 6.12. The first-order chi connectivity index (χ1) is 9.63. The van der Waals surface area contributed by atoms with Crippen LogP contribution in [0.5, 0.6) is 0 Å². The Labute approximate surface area is 114 Å². The number of esters is 1. The summed E-state index contributed by atoms with van der Waals surface area (Å²) in [4.78, 5) is 25.6. The van der Waals surface area contributed by atoms with Gasteiger partial charge in [-0.15, -0.1) is 0 Å². The summed E-state index contributed by atoms with van der Waals surface area (Å²) in [7, 11) is 0. The molecule has 0 radical (unpaired) electrons. The van der Waals surface area contributed by atoms with E-state index in [2.05, 4.69) is 0 Å². The van der Waals surface area contributed by atoms with Crippen LogP contribution in [0.2, 0.25) is 0 Å².